The van der Waals surface area contributed by atoms with E-state index in [0.29, 0.717) is 11.3 Å². The summed E-state index contributed by atoms with van der Waals surface area (Å²) >= 11 is 4.24. The fourth-order valence-electron chi connectivity index (χ4n) is 1.53. The van der Waals surface area contributed by atoms with Crippen molar-refractivity contribution in [1.29, 1.82) is 0 Å². The molecule has 2 heterocycles. The van der Waals surface area contributed by atoms with Crippen LogP contribution in [0.25, 0.3) is 11.2 Å². The van der Waals surface area contributed by atoms with Crippen molar-refractivity contribution >= 4 is 48.4 Å². The normalized spacial score (nSPS) is 10.1. The minimum atomic E-state index is -0.409. The highest BCUT2D eigenvalue weighted by atomic mass is 128. The number of fused-ring (bicyclic) bond motifs is 1. The van der Waals surface area contributed by atoms with E-state index in [1.165, 1.54) is 11.6 Å². The van der Waals surface area contributed by atoms with Crippen LogP contribution in [0.2, 0.25) is 0 Å². The maximum absolute atomic E-state index is 11.8. The van der Waals surface area contributed by atoms with E-state index in [0.717, 1.165) is 10.3 Å². The van der Waals surface area contributed by atoms with Gasteiger partial charge in [0.2, 0.25) is 0 Å². The predicted molar refractivity (Wildman–Crippen MR) is 87.5 cm³/mol. The fourth-order valence-corrected chi connectivity index (χ4v) is 1.53. The summed E-state index contributed by atoms with van der Waals surface area (Å²) in [6, 6.07) is 0. The fraction of sp³-hybridized carbons (Fsp3) is 0.400. The van der Waals surface area contributed by atoms with E-state index in [1.807, 2.05) is 0 Å². The number of aryl methyl sites for hydroxylation is 3. The van der Waals surface area contributed by atoms with E-state index in [-0.39, 0.29) is 5.52 Å². The molecule has 2 aromatic rings. The standard InChI is InChI=1S/C10H12N4O2.I2/c1-5-6(2)12-8-7(11-5)9(15)14(4)10(16)13(8)3;1-2/h1-4H3;. The summed E-state index contributed by atoms with van der Waals surface area (Å²) < 4.78 is 2.36. The lowest BCUT2D eigenvalue weighted by atomic mass is 10.3. The molecule has 0 unspecified atom stereocenters. The van der Waals surface area contributed by atoms with Crippen LogP contribution in [0.5, 0.6) is 0 Å². The first-order valence-electron chi connectivity index (χ1n) is 4.98. The van der Waals surface area contributed by atoms with E-state index in [9.17, 15) is 9.59 Å². The molecule has 0 bridgehead atoms. The molecule has 0 amide bonds. The Hall–Kier alpha value is -0.520. The zero-order chi connectivity index (χ0) is 14.0. The molecule has 0 aliphatic heterocycles. The van der Waals surface area contributed by atoms with Gasteiger partial charge in [0.05, 0.1) is 11.4 Å². The van der Waals surface area contributed by atoms with Gasteiger partial charge in [-0.25, -0.2) is 14.8 Å². The van der Waals surface area contributed by atoms with Crippen LogP contribution in [0.4, 0.5) is 0 Å². The average molecular weight is 474 g/mol. The van der Waals surface area contributed by atoms with Crippen molar-refractivity contribution < 1.29 is 0 Å². The van der Waals surface area contributed by atoms with Crippen LogP contribution in [0.3, 0.4) is 0 Å². The average Bonchev–Trinajstić information content (AvgIpc) is 2.38. The van der Waals surface area contributed by atoms with Gasteiger partial charge in [-0.05, 0) is 13.8 Å². The highest BCUT2D eigenvalue weighted by Gasteiger charge is 2.11. The van der Waals surface area contributed by atoms with Gasteiger partial charge >= 0.3 is 5.69 Å². The monoisotopic (exact) mass is 474 g/mol. The quantitative estimate of drug-likeness (QED) is 0.542. The van der Waals surface area contributed by atoms with Crippen LogP contribution >= 0.6 is 37.2 Å². The summed E-state index contributed by atoms with van der Waals surface area (Å²) in [5, 5.41) is 0. The van der Waals surface area contributed by atoms with E-state index in [2.05, 4.69) is 47.2 Å². The van der Waals surface area contributed by atoms with Crippen molar-refractivity contribution in [3.05, 3.63) is 32.2 Å². The highest BCUT2D eigenvalue weighted by Crippen LogP contribution is 2.05. The third-order valence-electron chi connectivity index (χ3n) is 2.69. The Morgan fingerprint density at radius 1 is 0.944 bits per heavy atom. The second kappa shape index (κ2) is 6.08. The number of halogens is 2. The van der Waals surface area contributed by atoms with Crippen molar-refractivity contribution in [3.8, 4) is 0 Å². The molecule has 0 atom stereocenters. The molecule has 0 saturated heterocycles. The third-order valence-corrected chi connectivity index (χ3v) is 2.69. The Bertz CT molecular complexity index is 706. The number of nitrogens with zero attached hydrogens (tertiary/aromatic N) is 4. The lowest BCUT2D eigenvalue weighted by Crippen LogP contribution is -2.38. The zero-order valence-corrected chi connectivity index (χ0v) is 14.7. The molecular formula is C10H12I2N4O2. The smallest absolute Gasteiger partial charge is 0.279 e. The van der Waals surface area contributed by atoms with Crippen LogP contribution < -0.4 is 11.2 Å². The molecule has 0 fully saturated rings. The van der Waals surface area contributed by atoms with Gasteiger partial charge in [0.1, 0.15) is 0 Å². The topological polar surface area (TPSA) is 69.8 Å². The molecule has 0 spiro atoms. The van der Waals surface area contributed by atoms with Gasteiger partial charge in [0.25, 0.3) is 5.56 Å². The molecule has 98 valence electrons. The van der Waals surface area contributed by atoms with Gasteiger partial charge in [0, 0.05) is 51.3 Å². The van der Waals surface area contributed by atoms with Crippen LogP contribution in [0.1, 0.15) is 11.4 Å². The summed E-state index contributed by atoms with van der Waals surface area (Å²) in [7, 11) is 3.01. The van der Waals surface area contributed by atoms with Crippen LogP contribution in [0.15, 0.2) is 9.59 Å². The molecule has 2 aromatic heterocycles. The predicted octanol–water partition coefficient (Wildman–Crippen LogP) is 1.42. The number of rotatable bonds is 0. The van der Waals surface area contributed by atoms with Crippen LogP contribution in [-0.4, -0.2) is 19.1 Å². The summed E-state index contributed by atoms with van der Waals surface area (Å²) in [6.07, 6.45) is 0. The first kappa shape index (κ1) is 15.5. The summed E-state index contributed by atoms with van der Waals surface area (Å²) in [5.74, 6) is 0. The van der Waals surface area contributed by atoms with Gasteiger partial charge in [-0.1, -0.05) is 0 Å². The molecule has 0 radical (unpaired) electrons. The molecule has 0 aliphatic carbocycles. The largest absolute Gasteiger partial charge is 0.332 e. The summed E-state index contributed by atoms with van der Waals surface area (Å²) in [4.78, 5) is 31.9. The lowest BCUT2D eigenvalue weighted by Gasteiger charge is -2.07. The van der Waals surface area contributed by atoms with E-state index in [4.69, 9.17) is 0 Å². The van der Waals surface area contributed by atoms with Crippen molar-refractivity contribution in [2.24, 2.45) is 14.1 Å². The van der Waals surface area contributed by atoms with Gasteiger partial charge < -0.3 is 0 Å². The van der Waals surface area contributed by atoms with Crippen molar-refractivity contribution in [2.75, 3.05) is 0 Å². The second-order valence-corrected chi connectivity index (χ2v) is 3.77. The molecule has 6 nitrogen and oxygen atoms in total. The molecule has 18 heavy (non-hydrogen) atoms. The number of aromatic nitrogens is 4. The minimum Gasteiger partial charge on any atom is -0.279 e. The maximum Gasteiger partial charge on any atom is 0.332 e. The molecule has 0 N–H and O–H groups in total. The first-order chi connectivity index (χ1) is 8.43. The van der Waals surface area contributed by atoms with Crippen LogP contribution in [-0.2, 0) is 14.1 Å². The van der Waals surface area contributed by atoms with Crippen molar-refractivity contribution in [2.45, 2.75) is 13.8 Å². The summed E-state index contributed by atoms with van der Waals surface area (Å²) in [6.45, 7) is 3.58. The molecular weight excluding hydrogens is 462 g/mol. The number of hydrogen-bond donors (Lipinski definition) is 0. The Balaban J connectivity index is 0.000000771. The van der Waals surface area contributed by atoms with E-state index < -0.39 is 11.2 Å². The van der Waals surface area contributed by atoms with Gasteiger partial charge in [-0.2, -0.15) is 0 Å². The molecule has 2 rings (SSSR count). The SMILES string of the molecule is Cc1nc2c(=O)n(C)c(=O)n(C)c2nc1C.II. The summed E-state index contributed by atoms with van der Waals surface area (Å²) in [5.41, 5.74) is 1.17. The Morgan fingerprint density at radius 3 is 2.00 bits per heavy atom. The highest BCUT2D eigenvalue weighted by molar-refractivity contribution is 15.0. The minimum absolute atomic E-state index is 0.229. The van der Waals surface area contributed by atoms with Gasteiger partial charge in [0.15, 0.2) is 11.2 Å². The Morgan fingerprint density at radius 2 is 1.44 bits per heavy atom. The molecule has 8 heteroatoms. The molecule has 0 saturated carbocycles. The molecule has 0 aliphatic rings. The lowest BCUT2D eigenvalue weighted by molar-refractivity contribution is 0.702. The van der Waals surface area contributed by atoms with Gasteiger partial charge in [-0.15, -0.1) is 0 Å². The first-order valence-corrected chi connectivity index (χ1v) is 11.3. The van der Waals surface area contributed by atoms with E-state index in [1.54, 1.807) is 20.9 Å². The van der Waals surface area contributed by atoms with Crippen molar-refractivity contribution in [3.63, 3.8) is 0 Å². The van der Waals surface area contributed by atoms with E-state index >= 15 is 0 Å². The second-order valence-electron chi connectivity index (χ2n) is 3.77. The number of hydrogen-bond acceptors (Lipinski definition) is 4. The Kier molecular flexibility index (Phi) is 5.25. The van der Waals surface area contributed by atoms with Gasteiger partial charge in [-0.3, -0.25) is 13.9 Å². The molecule has 0 aromatic carbocycles. The third kappa shape index (κ3) is 2.58. The maximum atomic E-state index is 11.8. The van der Waals surface area contributed by atoms with Crippen LogP contribution in [0, 0.1) is 13.8 Å². The van der Waals surface area contributed by atoms with Crippen molar-refractivity contribution in [1.82, 2.24) is 19.1 Å². The zero-order valence-electron chi connectivity index (χ0n) is 10.4. The Labute approximate surface area is 127 Å².